The Labute approximate surface area is 114 Å². The van der Waals surface area contributed by atoms with E-state index in [9.17, 15) is 0 Å². The van der Waals surface area contributed by atoms with Crippen LogP contribution in [0.2, 0.25) is 0 Å². The molecule has 19 heavy (non-hydrogen) atoms. The minimum atomic E-state index is 0.144. The highest BCUT2D eigenvalue weighted by molar-refractivity contribution is 5.58. The molecule has 0 fully saturated rings. The van der Waals surface area contributed by atoms with Gasteiger partial charge in [0.05, 0.1) is 5.92 Å². The average molecular weight is 259 g/mol. The molecule has 0 aliphatic rings. The van der Waals surface area contributed by atoms with Gasteiger partial charge in [0, 0.05) is 12.1 Å². The molecular formula is C15H21N3O. The van der Waals surface area contributed by atoms with Crippen molar-refractivity contribution in [3.05, 3.63) is 35.7 Å². The van der Waals surface area contributed by atoms with Crippen LogP contribution in [-0.2, 0) is 0 Å². The lowest BCUT2D eigenvalue weighted by atomic mass is 9.97. The summed E-state index contributed by atoms with van der Waals surface area (Å²) in [7, 11) is 0. The second-order valence-electron chi connectivity index (χ2n) is 5.33. The molecule has 1 atom stereocenters. The summed E-state index contributed by atoms with van der Waals surface area (Å²) in [6.07, 6.45) is 0.964. The number of hydrogen-bond donors (Lipinski definition) is 1. The predicted octanol–water partition coefficient (Wildman–Crippen LogP) is 3.13. The molecule has 0 aliphatic carbocycles. The van der Waals surface area contributed by atoms with E-state index in [1.165, 1.54) is 0 Å². The Morgan fingerprint density at radius 2 is 2.00 bits per heavy atom. The lowest BCUT2D eigenvalue weighted by molar-refractivity contribution is 0.335. The van der Waals surface area contributed by atoms with Crippen LogP contribution in [0.5, 0.6) is 0 Å². The largest absolute Gasteiger partial charge is 0.339 e. The van der Waals surface area contributed by atoms with Crippen LogP contribution in [0.15, 0.2) is 28.8 Å². The van der Waals surface area contributed by atoms with Gasteiger partial charge in [-0.3, -0.25) is 0 Å². The molecule has 1 heterocycles. The van der Waals surface area contributed by atoms with Gasteiger partial charge in [-0.1, -0.05) is 43.3 Å². The first-order valence-corrected chi connectivity index (χ1v) is 6.71. The van der Waals surface area contributed by atoms with E-state index in [0.717, 1.165) is 17.5 Å². The third-order valence-corrected chi connectivity index (χ3v) is 3.22. The molecule has 0 radical (unpaired) electrons. The first-order chi connectivity index (χ1) is 9.11. The van der Waals surface area contributed by atoms with Crippen molar-refractivity contribution in [2.24, 2.45) is 11.7 Å². The van der Waals surface area contributed by atoms with Crippen molar-refractivity contribution >= 4 is 0 Å². The first kappa shape index (κ1) is 13.7. The van der Waals surface area contributed by atoms with Crippen molar-refractivity contribution in [2.45, 2.75) is 33.1 Å². The van der Waals surface area contributed by atoms with Crippen molar-refractivity contribution in [3.63, 3.8) is 0 Å². The van der Waals surface area contributed by atoms with E-state index in [2.05, 4.69) is 24.0 Å². The molecule has 0 bridgehead atoms. The quantitative estimate of drug-likeness (QED) is 0.896. The maximum atomic E-state index is 5.80. The van der Waals surface area contributed by atoms with Crippen molar-refractivity contribution in [1.82, 2.24) is 10.1 Å². The Kier molecular flexibility index (Phi) is 4.32. The highest BCUT2D eigenvalue weighted by Gasteiger charge is 2.19. The predicted molar refractivity (Wildman–Crippen MR) is 75.7 cm³/mol. The van der Waals surface area contributed by atoms with Crippen molar-refractivity contribution in [3.8, 4) is 11.4 Å². The minimum Gasteiger partial charge on any atom is -0.339 e. The van der Waals surface area contributed by atoms with Crippen LogP contribution in [0.4, 0.5) is 0 Å². The lowest BCUT2D eigenvalue weighted by Gasteiger charge is -2.11. The Morgan fingerprint density at radius 1 is 1.26 bits per heavy atom. The molecule has 2 N–H and O–H groups in total. The fourth-order valence-corrected chi connectivity index (χ4v) is 2.20. The highest BCUT2D eigenvalue weighted by atomic mass is 16.5. The van der Waals surface area contributed by atoms with Crippen molar-refractivity contribution in [1.29, 1.82) is 0 Å². The molecular weight excluding hydrogens is 238 g/mol. The van der Waals surface area contributed by atoms with Crippen LogP contribution in [0.25, 0.3) is 11.4 Å². The van der Waals surface area contributed by atoms with Gasteiger partial charge in [0.15, 0.2) is 0 Å². The van der Waals surface area contributed by atoms with E-state index in [0.29, 0.717) is 24.2 Å². The van der Waals surface area contributed by atoms with E-state index in [4.69, 9.17) is 10.3 Å². The highest BCUT2D eigenvalue weighted by Crippen LogP contribution is 2.25. The molecule has 4 heteroatoms. The molecule has 0 aliphatic heterocycles. The van der Waals surface area contributed by atoms with Gasteiger partial charge in [-0.05, 0) is 24.8 Å². The number of aromatic nitrogens is 2. The maximum absolute atomic E-state index is 5.80. The van der Waals surface area contributed by atoms with E-state index < -0.39 is 0 Å². The SMILES string of the molecule is Cc1ccccc1-c1noc(C(CN)CC(C)C)n1. The molecule has 4 nitrogen and oxygen atoms in total. The number of hydrogen-bond acceptors (Lipinski definition) is 4. The number of benzene rings is 1. The molecule has 2 rings (SSSR count). The van der Waals surface area contributed by atoms with Gasteiger partial charge in [0.2, 0.25) is 11.7 Å². The van der Waals surface area contributed by atoms with Crippen LogP contribution in [0.1, 0.15) is 37.6 Å². The summed E-state index contributed by atoms with van der Waals surface area (Å²) in [6, 6.07) is 8.03. The van der Waals surface area contributed by atoms with Crippen molar-refractivity contribution < 1.29 is 4.52 Å². The summed E-state index contributed by atoms with van der Waals surface area (Å²) in [5.41, 5.74) is 7.96. The molecule has 0 saturated heterocycles. The fourth-order valence-electron chi connectivity index (χ4n) is 2.20. The van der Waals surface area contributed by atoms with Crippen LogP contribution in [0, 0.1) is 12.8 Å². The maximum Gasteiger partial charge on any atom is 0.231 e. The molecule has 0 amide bonds. The molecule has 1 unspecified atom stereocenters. The normalized spacial score (nSPS) is 12.9. The van der Waals surface area contributed by atoms with Crippen LogP contribution in [-0.4, -0.2) is 16.7 Å². The zero-order valence-corrected chi connectivity index (χ0v) is 11.8. The molecule has 0 saturated carbocycles. The second-order valence-corrected chi connectivity index (χ2v) is 5.33. The zero-order valence-electron chi connectivity index (χ0n) is 11.8. The van der Waals surface area contributed by atoms with Gasteiger partial charge in [0.1, 0.15) is 0 Å². The monoisotopic (exact) mass is 259 g/mol. The molecule has 2 aromatic rings. The van der Waals surface area contributed by atoms with Gasteiger partial charge in [-0.25, -0.2) is 0 Å². The summed E-state index contributed by atoms with van der Waals surface area (Å²) in [5, 5.41) is 4.08. The fraction of sp³-hybridized carbons (Fsp3) is 0.467. The molecule has 0 spiro atoms. The standard InChI is InChI=1S/C15H21N3O/c1-10(2)8-12(9-16)15-17-14(18-19-15)13-7-5-4-6-11(13)3/h4-7,10,12H,8-9,16H2,1-3H3. The lowest BCUT2D eigenvalue weighted by Crippen LogP contribution is -2.15. The summed E-state index contributed by atoms with van der Waals surface area (Å²) < 4.78 is 5.39. The summed E-state index contributed by atoms with van der Waals surface area (Å²) in [6.45, 7) is 6.91. The van der Waals surface area contributed by atoms with Gasteiger partial charge in [-0.15, -0.1) is 0 Å². The van der Waals surface area contributed by atoms with Crippen LogP contribution in [0.3, 0.4) is 0 Å². The van der Waals surface area contributed by atoms with E-state index in [1.807, 2.05) is 31.2 Å². The van der Waals surface area contributed by atoms with Crippen molar-refractivity contribution in [2.75, 3.05) is 6.54 Å². The Morgan fingerprint density at radius 3 is 2.63 bits per heavy atom. The smallest absolute Gasteiger partial charge is 0.231 e. The summed E-state index contributed by atoms with van der Waals surface area (Å²) >= 11 is 0. The van der Waals surface area contributed by atoms with Crippen LogP contribution < -0.4 is 5.73 Å². The third-order valence-electron chi connectivity index (χ3n) is 3.22. The third kappa shape index (κ3) is 3.20. The number of nitrogens with zero attached hydrogens (tertiary/aromatic N) is 2. The number of aryl methyl sites for hydroxylation is 1. The first-order valence-electron chi connectivity index (χ1n) is 6.71. The zero-order chi connectivity index (χ0) is 13.8. The average Bonchev–Trinajstić information content (AvgIpc) is 2.85. The van der Waals surface area contributed by atoms with Gasteiger partial charge >= 0.3 is 0 Å². The van der Waals surface area contributed by atoms with Gasteiger partial charge in [0.25, 0.3) is 0 Å². The second kappa shape index (κ2) is 5.97. The van der Waals surface area contributed by atoms with Gasteiger partial charge < -0.3 is 10.3 Å². The topological polar surface area (TPSA) is 64.9 Å². The molecule has 1 aromatic heterocycles. The Hall–Kier alpha value is -1.68. The van der Waals surface area contributed by atoms with Crippen LogP contribution >= 0.6 is 0 Å². The Balaban J connectivity index is 2.26. The van der Waals surface area contributed by atoms with E-state index in [-0.39, 0.29) is 5.92 Å². The molecule has 102 valence electrons. The molecule has 1 aromatic carbocycles. The summed E-state index contributed by atoms with van der Waals surface area (Å²) in [4.78, 5) is 4.51. The summed E-state index contributed by atoms with van der Waals surface area (Å²) in [5.74, 6) is 2.00. The Bertz CT molecular complexity index is 534. The van der Waals surface area contributed by atoms with E-state index in [1.54, 1.807) is 0 Å². The van der Waals surface area contributed by atoms with Gasteiger partial charge in [-0.2, -0.15) is 4.98 Å². The van der Waals surface area contributed by atoms with E-state index >= 15 is 0 Å². The minimum absolute atomic E-state index is 0.144. The number of nitrogens with two attached hydrogens (primary N) is 1. The number of rotatable bonds is 5.